The highest BCUT2D eigenvalue weighted by atomic mass is 35.5. The Bertz CT molecular complexity index is 1630. The molecule has 0 aliphatic heterocycles. The van der Waals surface area contributed by atoms with Crippen molar-refractivity contribution in [3.8, 4) is 28.8 Å². The van der Waals surface area contributed by atoms with Crippen LogP contribution in [-0.2, 0) is 17.5 Å². The van der Waals surface area contributed by atoms with Gasteiger partial charge < -0.3 is 10.1 Å². The SMILES string of the molecule is CC(C)(COc1cccc(C(F)(F)F)c1)C(=O)NCc1nn(-c2ccc(Cl)cc2Cl)c(-c2ccc(Cl)cc2)c1C#N. The molecular formula is C29H22Cl3F3N4O2. The molecule has 4 rings (SSSR count). The fourth-order valence-corrected chi connectivity index (χ4v) is 4.52. The van der Waals surface area contributed by atoms with E-state index in [1.165, 1.54) is 16.8 Å². The molecule has 0 radical (unpaired) electrons. The molecule has 1 aromatic heterocycles. The Balaban J connectivity index is 1.59. The third-order valence-electron chi connectivity index (χ3n) is 6.12. The van der Waals surface area contributed by atoms with Crippen LogP contribution in [0.1, 0.15) is 30.7 Å². The van der Waals surface area contributed by atoms with E-state index in [2.05, 4.69) is 16.5 Å². The van der Waals surface area contributed by atoms with Crippen LogP contribution in [0.4, 0.5) is 13.2 Å². The Morgan fingerprint density at radius 1 is 1.02 bits per heavy atom. The minimum absolute atomic E-state index is 0.0151. The molecule has 4 aromatic rings. The van der Waals surface area contributed by atoms with E-state index in [1.54, 1.807) is 56.3 Å². The van der Waals surface area contributed by atoms with Crippen LogP contribution in [0.3, 0.4) is 0 Å². The highest BCUT2D eigenvalue weighted by molar-refractivity contribution is 6.35. The molecule has 0 saturated heterocycles. The summed E-state index contributed by atoms with van der Waals surface area (Å²) in [6.07, 6.45) is -4.52. The standard InChI is InChI=1S/C29H22Cl3F3N4O2/c1-28(2,16-41-21-5-3-4-18(12-21)29(33,34)35)27(40)37-15-24-22(14-36)26(17-6-8-19(30)9-7-17)39(38-24)25-11-10-20(31)13-23(25)32/h3-13H,15-16H2,1-2H3,(H,37,40). The normalized spacial score (nSPS) is 11.7. The zero-order valence-corrected chi connectivity index (χ0v) is 24.0. The first kappa shape index (κ1) is 30.3. The summed E-state index contributed by atoms with van der Waals surface area (Å²) in [5.74, 6) is -0.473. The summed E-state index contributed by atoms with van der Waals surface area (Å²) in [5.41, 5.74) is 0.0195. The van der Waals surface area contributed by atoms with E-state index in [0.717, 1.165) is 12.1 Å². The average Bonchev–Trinajstić information content (AvgIpc) is 3.28. The van der Waals surface area contributed by atoms with Gasteiger partial charge in [0.05, 0.1) is 33.9 Å². The number of nitriles is 1. The summed E-state index contributed by atoms with van der Waals surface area (Å²) < 4.78 is 46.1. The van der Waals surface area contributed by atoms with E-state index in [9.17, 15) is 23.2 Å². The molecule has 0 unspecified atom stereocenters. The molecule has 1 heterocycles. The second-order valence-electron chi connectivity index (χ2n) is 9.68. The summed E-state index contributed by atoms with van der Waals surface area (Å²) in [7, 11) is 0. The Hall–Kier alpha value is -3.71. The number of aromatic nitrogens is 2. The Morgan fingerprint density at radius 2 is 1.71 bits per heavy atom. The van der Waals surface area contributed by atoms with Crippen molar-refractivity contribution < 1.29 is 22.7 Å². The van der Waals surface area contributed by atoms with Crippen LogP contribution in [0, 0.1) is 16.7 Å². The topological polar surface area (TPSA) is 79.9 Å². The largest absolute Gasteiger partial charge is 0.492 e. The van der Waals surface area contributed by atoms with Gasteiger partial charge in [-0.1, -0.05) is 53.0 Å². The molecule has 212 valence electrons. The van der Waals surface area contributed by atoms with E-state index in [4.69, 9.17) is 39.5 Å². The van der Waals surface area contributed by atoms with Crippen molar-refractivity contribution in [3.63, 3.8) is 0 Å². The van der Waals surface area contributed by atoms with Gasteiger partial charge in [0.2, 0.25) is 5.91 Å². The average molecular weight is 622 g/mol. The van der Waals surface area contributed by atoms with Crippen molar-refractivity contribution in [2.45, 2.75) is 26.6 Å². The second-order valence-corrected chi connectivity index (χ2v) is 11.0. The predicted octanol–water partition coefficient (Wildman–Crippen LogP) is 8.11. The van der Waals surface area contributed by atoms with Gasteiger partial charge in [-0.2, -0.15) is 23.5 Å². The quantitative estimate of drug-likeness (QED) is 0.216. The number of nitrogens with zero attached hydrogens (tertiary/aromatic N) is 3. The summed E-state index contributed by atoms with van der Waals surface area (Å²) in [4.78, 5) is 13.1. The summed E-state index contributed by atoms with van der Waals surface area (Å²) >= 11 is 18.6. The summed E-state index contributed by atoms with van der Waals surface area (Å²) in [6.45, 7) is 2.86. The number of rotatable bonds is 8. The molecule has 3 aromatic carbocycles. The van der Waals surface area contributed by atoms with Crippen LogP contribution >= 0.6 is 34.8 Å². The first-order valence-electron chi connectivity index (χ1n) is 12.1. The van der Waals surface area contributed by atoms with Crippen molar-refractivity contribution in [1.29, 1.82) is 5.26 Å². The number of hydrogen-bond acceptors (Lipinski definition) is 4. The maximum absolute atomic E-state index is 13.1. The summed E-state index contributed by atoms with van der Waals surface area (Å²) in [6, 6.07) is 18.3. The Labute approximate surface area is 249 Å². The number of benzene rings is 3. The minimum atomic E-state index is -4.52. The van der Waals surface area contributed by atoms with Crippen molar-refractivity contribution in [2.24, 2.45) is 5.41 Å². The molecule has 0 aliphatic rings. The van der Waals surface area contributed by atoms with Crippen molar-refractivity contribution in [1.82, 2.24) is 15.1 Å². The fraction of sp³-hybridized carbons (Fsp3) is 0.207. The van der Waals surface area contributed by atoms with Crippen LogP contribution in [0.5, 0.6) is 5.75 Å². The first-order valence-corrected chi connectivity index (χ1v) is 13.3. The molecule has 12 heteroatoms. The number of nitrogens with one attached hydrogen (secondary N) is 1. The Morgan fingerprint density at radius 3 is 2.34 bits per heavy atom. The molecule has 0 fully saturated rings. The van der Waals surface area contributed by atoms with Crippen LogP contribution < -0.4 is 10.1 Å². The van der Waals surface area contributed by atoms with Gasteiger partial charge in [-0.05, 0) is 62.4 Å². The molecule has 0 bridgehead atoms. The lowest BCUT2D eigenvalue weighted by atomic mass is 9.93. The monoisotopic (exact) mass is 620 g/mol. The number of ether oxygens (including phenoxy) is 1. The zero-order valence-electron chi connectivity index (χ0n) is 21.7. The number of alkyl halides is 3. The van der Waals surface area contributed by atoms with Crippen LogP contribution in [0.25, 0.3) is 16.9 Å². The lowest BCUT2D eigenvalue weighted by Gasteiger charge is -2.24. The van der Waals surface area contributed by atoms with Gasteiger partial charge in [0.15, 0.2) is 0 Å². The molecule has 0 atom stereocenters. The molecule has 41 heavy (non-hydrogen) atoms. The highest BCUT2D eigenvalue weighted by Crippen LogP contribution is 2.34. The minimum Gasteiger partial charge on any atom is -0.492 e. The summed E-state index contributed by atoms with van der Waals surface area (Å²) in [5, 5.41) is 18.7. The van der Waals surface area contributed by atoms with E-state index >= 15 is 0 Å². The number of halogens is 6. The van der Waals surface area contributed by atoms with E-state index < -0.39 is 23.1 Å². The smallest absolute Gasteiger partial charge is 0.416 e. The van der Waals surface area contributed by atoms with Crippen LogP contribution in [-0.4, -0.2) is 22.3 Å². The second kappa shape index (κ2) is 12.0. The van der Waals surface area contributed by atoms with Crippen LogP contribution in [0.15, 0.2) is 66.7 Å². The van der Waals surface area contributed by atoms with Gasteiger partial charge in [0, 0.05) is 15.6 Å². The first-order chi connectivity index (χ1) is 19.3. The van der Waals surface area contributed by atoms with Crippen LogP contribution in [0.2, 0.25) is 15.1 Å². The van der Waals surface area contributed by atoms with Crippen molar-refractivity contribution in [3.05, 3.63) is 98.6 Å². The molecule has 0 aliphatic carbocycles. The number of carbonyl (C=O) groups excluding carboxylic acids is 1. The van der Waals surface area contributed by atoms with E-state index in [-0.39, 0.29) is 30.2 Å². The molecule has 1 N–H and O–H groups in total. The third-order valence-corrected chi connectivity index (χ3v) is 6.91. The molecule has 1 amide bonds. The molecule has 0 spiro atoms. The Kier molecular flexibility index (Phi) is 8.88. The molecular weight excluding hydrogens is 600 g/mol. The van der Waals surface area contributed by atoms with E-state index in [0.29, 0.717) is 32.0 Å². The maximum Gasteiger partial charge on any atom is 0.416 e. The van der Waals surface area contributed by atoms with Gasteiger partial charge in [-0.25, -0.2) is 4.68 Å². The highest BCUT2D eigenvalue weighted by Gasteiger charge is 2.32. The van der Waals surface area contributed by atoms with Gasteiger partial charge >= 0.3 is 6.18 Å². The predicted molar refractivity (Wildman–Crippen MR) is 151 cm³/mol. The van der Waals surface area contributed by atoms with Crippen molar-refractivity contribution in [2.75, 3.05) is 6.61 Å². The maximum atomic E-state index is 13.1. The lowest BCUT2D eigenvalue weighted by molar-refractivity contribution is -0.138. The number of hydrogen-bond donors (Lipinski definition) is 1. The van der Waals surface area contributed by atoms with Crippen molar-refractivity contribution >= 4 is 40.7 Å². The molecule has 0 saturated carbocycles. The fourth-order valence-electron chi connectivity index (χ4n) is 3.90. The van der Waals surface area contributed by atoms with Gasteiger partial charge in [0.1, 0.15) is 29.7 Å². The number of amides is 1. The number of carbonyl (C=O) groups is 1. The van der Waals surface area contributed by atoms with E-state index in [1.807, 2.05) is 0 Å². The molecule has 6 nitrogen and oxygen atoms in total. The lowest BCUT2D eigenvalue weighted by Crippen LogP contribution is -2.40. The van der Waals surface area contributed by atoms with Gasteiger partial charge in [-0.15, -0.1) is 0 Å². The van der Waals surface area contributed by atoms with Gasteiger partial charge in [-0.3, -0.25) is 4.79 Å². The third kappa shape index (κ3) is 6.96. The van der Waals surface area contributed by atoms with Gasteiger partial charge in [0.25, 0.3) is 0 Å². The zero-order chi connectivity index (χ0) is 29.9.